The van der Waals surface area contributed by atoms with Gasteiger partial charge in [0.05, 0.1) is 18.7 Å². The molecule has 2 saturated heterocycles. The van der Waals surface area contributed by atoms with Gasteiger partial charge in [0.25, 0.3) is 0 Å². The third kappa shape index (κ3) is 7.00. The van der Waals surface area contributed by atoms with Crippen LogP contribution in [0.15, 0.2) is 24.3 Å². The van der Waals surface area contributed by atoms with Crippen LogP contribution in [0.1, 0.15) is 43.2 Å². The maximum Gasteiger partial charge on any atom is 0.416 e. The highest BCUT2D eigenvalue weighted by molar-refractivity contribution is 5.79. The Balaban J connectivity index is 1.38. The number of piperidine rings is 2. The number of carbonyl (C=O) groups is 2. The summed E-state index contributed by atoms with van der Waals surface area (Å²) in [5.74, 6) is 5.46. The van der Waals surface area contributed by atoms with Gasteiger partial charge in [-0.15, -0.1) is 0 Å². The molecule has 8 heteroatoms. The topological polar surface area (TPSA) is 52.7 Å². The molecular weight excluding hydrogens is 407 g/mol. The van der Waals surface area contributed by atoms with Crippen molar-refractivity contribution in [3.8, 4) is 11.8 Å². The number of carbonyl (C=O) groups excluding carboxylic acids is 2. The van der Waals surface area contributed by atoms with Crippen molar-refractivity contribution in [3.05, 3.63) is 35.4 Å². The number of amides is 2. The van der Waals surface area contributed by atoms with Crippen molar-refractivity contribution in [2.24, 2.45) is 5.92 Å². The van der Waals surface area contributed by atoms with Gasteiger partial charge in [-0.05, 0) is 63.4 Å². The van der Waals surface area contributed by atoms with E-state index in [9.17, 15) is 22.8 Å². The second-order valence-corrected chi connectivity index (χ2v) is 8.09. The van der Waals surface area contributed by atoms with Gasteiger partial charge in [-0.2, -0.15) is 13.2 Å². The molecule has 2 aliphatic rings. The minimum Gasteiger partial charge on any atom is -0.344 e. The number of rotatable bonds is 4. The Morgan fingerprint density at radius 1 is 1.06 bits per heavy atom. The first kappa shape index (κ1) is 23.1. The standard InChI is InChI=1S/C23H28F3N3O2/c24-23(25,26)20-8-4-6-18(16-20)7-5-11-27-21(30)17-28-14-9-19(10-15-28)22(31)29-12-2-1-3-13-29/h4,6,8,16,19H,1-3,9-15,17H2,(H,27,30). The van der Waals surface area contributed by atoms with Crippen molar-refractivity contribution in [2.45, 2.75) is 38.3 Å². The molecular formula is C23H28F3N3O2. The van der Waals surface area contributed by atoms with Gasteiger partial charge in [0.15, 0.2) is 0 Å². The fourth-order valence-electron chi connectivity index (χ4n) is 4.03. The third-order valence-corrected chi connectivity index (χ3v) is 5.77. The lowest BCUT2D eigenvalue weighted by Gasteiger charge is -2.35. The first-order chi connectivity index (χ1) is 14.8. The molecule has 0 atom stereocenters. The van der Waals surface area contributed by atoms with Crippen LogP contribution in [0.3, 0.4) is 0 Å². The molecule has 0 bridgehead atoms. The zero-order valence-electron chi connectivity index (χ0n) is 17.5. The van der Waals surface area contributed by atoms with E-state index >= 15 is 0 Å². The number of nitrogens with zero attached hydrogens (tertiary/aromatic N) is 2. The molecule has 1 aromatic rings. The summed E-state index contributed by atoms with van der Waals surface area (Å²) < 4.78 is 38.2. The largest absolute Gasteiger partial charge is 0.416 e. The minimum absolute atomic E-state index is 0.0516. The molecule has 0 aliphatic carbocycles. The normalized spacial score (nSPS) is 18.2. The second-order valence-electron chi connectivity index (χ2n) is 8.09. The molecule has 1 aromatic carbocycles. The molecule has 0 radical (unpaired) electrons. The monoisotopic (exact) mass is 435 g/mol. The Morgan fingerprint density at radius 2 is 1.77 bits per heavy atom. The summed E-state index contributed by atoms with van der Waals surface area (Å²) in [6.07, 6.45) is 0.484. The average molecular weight is 435 g/mol. The molecule has 2 amide bonds. The molecule has 3 rings (SSSR count). The van der Waals surface area contributed by atoms with E-state index in [-0.39, 0.29) is 36.4 Å². The van der Waals surface area contributed by atoms with Crippen molar-refractivity contribution >= 4 is 11.8 Å². The summed E-state index contributed by atoms with van der Waals surface area (Å²) in [6, 6.07) is 4.80. The molecule has 1 N–H and O–H groups in total. The predicted molar refractivity (Wildman–Crippen MR) is 111 cm³/mol. The quantitative estimate of drug-likeness (QED) is 0.740. The predicted octanol–water partition coefficient (Wildman–Crippen LogP) is 2.90. The fraction of sp³-hybridized carbons (Fsp3) is 0.565. The zero-order chi connectivity index (χ0) is 22.3. The van der Waals surface area contributed by atoms with Crippen LogP contribution in [0.5, 0.6) is 0 Å². The molecule has 0 saturated carbocycles. The summed E-state index contributed by atoms with van der Waals surface area (Å²) in [5, 5.41) is 2.68. The van der Waals surface area contributed by atoms with E-state index in [2.05, 4.69) is 17.2 Å². The number of benzene rings is 1. The number of alkyl halides is 3. The van der Waals surface area contributed by atoms with Crippen LogP contribution < -0.4 is 5.32 Å². The summed E-state index contributed by atoms with van der Waals surface area (Å²) in [4.78, 5) is 28.7. The van der Waals surface area contributed by atoms with Gasteiger partial charge in [0.2, 0.25) is 11.8 Å². The molecule has 0 spiro atoms. The summed E-state index contributed by atoms with van der Waals surface area (Å²) in [6.45, 7) is 3.43. The Morgan fingerprint density at radius 3 is 2.45 bits per heavy atom. The van der Waals surface area contributed by atoms with E-state index < -0.39 is 11.7 Å². The van der Waals surface area contributed by atoms with Gasteiger partial charge in [0.1, 0.15) is 0 Å². The Hall–Kier alpha value is -2.53. The van der Waals surface area contributed by atoms with E-state index in [0.717, 1.165) is 50.9 Å². The number of halogens is 3. The molecule has 2 aliphatic heterocycles. The van der Waals surface area contributed by atoms with Gasteiger partial charge in [0, 0.05) is 24.6 Å². The minimum atomic E-state index is -4.41. The van der Waals surface area contributed by atoms with E-state index in [1.807, 2.05) is 9.80 Å². The smallest absolute Gasteiger partial charge is 0.344 e. The Bertz CT molecular complexity index is 830. The van der Waals surface area contributed by atoms with Crippen LogP contribution in [-0.4, -0.2) is 60.9 Å². The Labute approximate surface area is 181 Å². The molecule has 0 aromatic heterocycles. The second kappa shape index (κ2) is 10.7. The SMILES string of the molecule is O=C(CN1CCC(C(=O)N2CCCCC2)CC1)NCC#Cc1cccc(C(F)(F)F)c1. The molecule has 168 valence electrons. The molecule has 31 heavy (non-hydrogen) atoms. The van der Waals surface area contributed by atoms with Gasteiger partial charge in [-0.3, -0.25) is 14.5 Å². The van der Waals surface area contributed by atoms with Crippen molar-refractivity contribution in [1.82, 2.24) is 15.1 Å². The average Bonchev–Trinajstić information content (AvgIpc) is 2.77. The van der Waals surface area contributed by atoms with Crippen molar-refractivity contribution in [1.29, 1.82) is 0 Å². The van der Waals surface area contributed by atoms with Crippen LogP contribution >= 0.6 is 0 Å². The highest BCUT2D eigenvalue weighted by Crippen LogP contribution is 2.29. The lowest BCUT2D eigenvalue weighted by molar-refractivity contribution is -0.138. The highest BCUT2D eigenvalue weighted by Gasteiger charge is 2.30. The van der Waals surface area contributed by atoms with Crippen LogP contribution in [0, 0.1) is 17.8 Å². The highest BCUT2D eigenvalue weighted by atomic mass is 19.4. The first-order valence-corrected chi connectivity index (χ1v) is 10.8. The van der Waals surface area contributed by atoms with Crippen molar-refractivity contribution < 1.29 is 22.8 Å². The van der Waals surface area contributed by atoms with Gasteiger partial charge < -0.3 is 10.2 Å². The summed E-state index contributed by atoms with van der Waals surface area (Å²) in [5.41, 5.74) is -0.491. The van der Waals surface area contributed by atoms with Crippen LogP contribution in [-0.2, 0) is 15.8 Å². The third-order valence-electron chi connectivity index (χ3n) is 5.77. The van der Waals surface area contributed by atoms with Crippen molar-refractivity contribution in [2.75, 3.05) is 39.3 Å². The lowest BCUT2D eigenvalue weighted by Crippen LogP contribution is -2.46. The number of likely N-dealkylation sites (tertiary alicyclic amines) is 2. The van der Waals surface area contributed by atoms with Crippen molar-refractivity contribution in [3.63, 3.8) is 0 Å². The molecule has 2 heterocycles. The van der Waals surface area contributed by atoms with Crippen LogP contribution in [0.2, 0.25) is 0 Å². The van der Waals surface area contributed by atoms with E-state index in [4.69, 9.17) is 0 Å². The first-order valence-electron chi connectivity index (χ1n) is 10.8. The van der Waals surface area contributed by atoms with Crippen LogP contribution in [0.25, 0.3) is 0 Å². The number of hydrogen-bond donors (Lipinski definition) is 1. The van der Waals surface area contributed by atoms with Gasteiger partial charge in [-0.25, -0.2) is 0 Å². The summed E-state index contributed by atoms with van der Waals surface area (Å²) >= 11 is 0. The lowest BCUT2D eigenvalue weighted by atomic mass is 9.94. The van der Waals surface area contributed by atoms with E-state index in [0.29, 0.717) is 13.1 Å². The molecule has 0 unspecified atom stereocenters. The Kier molecular flexibility index (Phi) is 7.97. The zero-order valence-corrected chi connectivity index (χ0v) is 17.5. The maximum atomic E-state index is 12.7. The fourth-order valence-corrected chi connectivity index (χ4v) is 4.03. The molecule has 2 fully saturated rings. The maximum absolute atomic E-state index is 12.7. The van der Waals surface area contributed by atoms with E-state index in [1.54, 1.807) is 0 Å². The van der Waals surface area contributed by atoms with E-state index in [1.165, 1.54) is 18.6 Å². The summed E-state index contributed by atoms with van der Waals surface area (Å²) in [7, 11) is 0. The molecule has 5 nitrogen and oxygen atoms in total. The van der Waals surface area contributed by atoms with Gasteiger partial charge >= 0.3 is 6.18 Å². The number of nitrogens with one attached hydrogen (secondary N) is 1. The number of hydrogen-bond acceptors (Lipinski definition) is 3. The van der Waals surface area contributed by atoms with Gasteiger partial charge in [-0.1, -0.05) is 17.9 Å². The van der Waals surface area contributed by atoms with Crippen LogP contribution in [0.4, 0.5) is 13.2 Å².